The van der Waals surface area contributed by atoms with Crippen molar-refractivity contribution in [2.24, 2.45) is 11.8 Å². The van der Waals surface area contributed by atoms with Gasteiger partial charge in [0.25, 0.3) is 5.91 Å². The summed E-state index contributed by atoms with van der Waals surface area (Å²) >= 11 is 0. The van der Waals surface area contributed by atoms with Crippen molar-refractivity contribution in [2.75, 3.05) is 32.8 Å². The van der Waals surface area contributed by atoms with Crippen molar-refractivity contribution in [3.63, 3.8) is 0 Å². The van der Waals surface area contributed by atoms with E-state index >= 15 is 0 Å². The fourth-order valence-electron chi connectivity index (χ4n) is 3.98. The van der Waals surface area contributed by atoms with E-state index in [0.717, 1.165) is 19.3 Å². The summed E-state index contributed by atoms with van der Waals surface area (Å²) in [5.74, 6) is -0.183. The van der Waals surface area contributed by atoms with Crippen molar-refractivity contribution < 1.29 is 22.7 Å². The molecule has 2 aliphatic rings. The van der Waals surface area contributed by atoms with Crippen LogP contribution in [0.4, 0.5) is 0 Å². The minimum atomic E-state index is -3.59. The second kappa shape index (κ2) is 8.61. The monoisotopic (exact) mass is 408 g/mol. The van der Waals surface area contributed by atoms with E-state index < -0.39 is 16.0 Å². The SMILES string of the molecule is C[C@@H]1C[C@@H](C)CN(S(=O)(=O)c2ccc(C(=O)OCC(=O)N3CCCC3)cc2)C1. The zero-order chi connectivity index (χ0) is 20.3. The molecule has 2 heterocycles. The van der Waals surface area contributed by atoms with E-state index in [1.54, 1.807) is 4.90 Å². The lowest BCUT2D eigenvalue weighted by atomic mass is 9.94. The number of piperidine rings is 1. The molecule has 154 valence electrons. The number of rotatable bonds is 5. The Bertz CT molecular complexity index is 806. The van der Waals surface area contributed by atoms with Crippen LogP contribution in [0.5, 0.6) is 0 Å². The smallest absolute Gasteiger partial charge is 0.338 e. The van der Waals surface area contributed by atoms with Crippen LogP contribution in [0.1, 0.15) is 43.5 Å². The van der Waals surface area contributed by atoms with Gasteiger partial charge in [0.2, 0.25) is 10.0 Å². The summed E-state index contributed by atoms with van der Waals surface area (Å²) in [6, 6.07) is 5.73. The lowest BCUT2D eigenvalue weighted by molar-refractivity contribution is -0.133. The number of carbonyl (C=O) groups is 2. The van der Waals surface area contributed by atoms with Gasteiger partial charge in [0, 0.05) is 26.2 Å². The van der Waals surface area contributed by atoms with Crippen molar-refractivity contribution in [3.8, 4) is 0 Å². The molecule has 2 aliphatic heterocycles. The van der Waals surface area contributed by atoms with Gasteiger partial charge < -0.3 is 9.64 Å². The zero-order valence-electron chi connectivity index (χ0n) is 16.5. The molecule has 7 nitrogen and oxygen atoms in total. The summed E-state index contributed by atoms with van der Waals surface area (Å²) in [6.07, 6.45) is 2.97. The summed E-state index contributed by atoms with van der Waals surface area (Å²) in [5, 5.41) is 0. The molecule has 2 saturated heterocycles. The lowest BCUT2D eigenvalue weighted by Gasteiger charge is -2.34. The molecule has 2 atom stereocenters. The number of hydrogen-bond acceptors (Lipinski definition) is 5. The Hall–Kier alpha value is -1.93. The molecule has 0 radical (unpaired) electrons. The molecule has 0 bridgehead atoms. The first-order valence-corrected chi connectivity index (χ1v) is 11.3. The van der Waals surface area contributed by atoms with Gasteiger partial charge in [-0.05, 0) is 55.4 Å². The predicted octanol–water partition coefficient (Wildman–Crippen LogP) is 2.13. The minimum absolute atomic E-state index is 0.165. The molecule has 1 aromatic rings. The van der Waals surface area contributed by atoms with Gasteiger partial charge in [-0.15, -0.1) is 0 Å². The Morgan fingerprint density at radius 2 is 1.61 bits per heavy atom. The van der Waals surface area contributed by atoms with E-state index in [9.17, 15) is 18.0 Å². The summed E-state index contributed by atoms with van der Waals surface area (Å²) in [4.78, 5) is 26.0. The maximum atomic E-state index is 12.9. The Morgan fingerprint density at radius 1 is 1.04 bits per heavy atom. The number of amides is 1. The van der Waals surface area contributed by atoms with Gasteiger partial charge in [0.15, 0.2) is 6.61 Å². The second-order valence-electron chi connectivity index (χ2n) is 7.96. The average Bonchev–Trinajstić information content (AvgIpc) is 3.20. The van der Waals surface area contributed by atoms with E-state index in [2.05, 4.69) is 13.8 Å². The van der Waals surface area contributed by atoms with Crippen molar-refractivity contribution in [1.82, 2.24) is 9.21 Å². The van der Waals surface area contributed by atoms with Crippen LogP contribution in [0.15, 0.2) is 29.2 Å². The molecule has 1 amide bonds. The van der Waals surface area contributed by atoms with E-state index in [0.29, 0.717) is 38.0 Å². The molecule has 0 spiro atoms. The summed E-state index contributed by atoms with van der Waals surface area (Å²) in [6.45, 7) is 6.25. The summed E-state index contributed by atoms with van der Waals surface area (Å²) < 4.78 is 32.4. The van der Waals surface area contributed by atoms with Crippen molar-refractivity contribution in [1.29, 1.82) is 0 Å². The molecule has 0 aromatic heterocycles. The molecule has 0 saturated carbocycles. The van der Waals surface area contributed by atoms with Crippen molar-refractivity contribution in [2.45, 2.75) is 38.0 Å². The van der Waals surface area contributed by atoms with E-state index in [-0.39, 0.29) is 23.0 Å². The molecule has 8 heteroatoms. The molecule has 3 rings (SSSR count). The van der Waals surface area contributed by atoms with E-state index in [4.69, 9.17) is 4.74 Å². The molecule has 28 heavy (non-hydrogen) atoms. The molecular weight excluding hydrogens is 380 g/mol. The highest BCUT2D eigenvalue weighted by Crippen LogP contribution is 2.26. The Morgan fingerprint density at radius 3 is 2.18 bits per heavy atom. The van der Waals surface area contributed by atoms with Crippen molar-refractivity contribution in [3.05, 3.63) is 29.8 Å². The quantitative estimate of drug-likeness (QED) is 0.697. The molecule has 1 aromatic carbocycles. The Balaban J connectivity index is 1.62. The van der Waals surface area contributed by atoms with E-state index in [1.807, 2.05) is 0 Å². The number of esters is 1. The number of hydrogen-bond donors (Lipinski definition) is 0. The van der Waals surface area contributed by atoms with E-state index in [1.165, 1.54) is 28.6 Å². The zero-order valence-corrected chi connectivity index (χ0v) is 17.3. The van der Waals surface area contributed by atoms with Crippen LogP contribution >= 0.6 is 0 Å². The molecular formula is C20H28N2O5S. The Kier molecular flexibility index (Phi) is 6.40. The lowest BCUT2D eigenvalue weighted by Crippen LogP contribution is -2.42. The van der Waals surface area contributed by atoms with Crippen LogP contribution in [0.3, 0.4) is 0 Å². The maximum Gasteiger partial charge on any atom is 0.338 e. The number of carbonyl (C=O) groups excluding carboxylic acids is 2. The number of sulfonamides is 1. The Labute approximate surface area is 166 Å². The van der Waals surface area contributed by atoms with Crippen molar-refractivity contribution >= 4 is 21.9 Å². The van der Waals surface area contributed by atoms with Crippen LogP contribution < -0.4 is 0 Å². The van der Waals surface area contributed by atoms with Crippen LogP contribution in [0.25, 0.3) is 0 Å². The normalized spacial score (nSPS) is 23.6. The van der Waals surface area contributed by atoms with Gasteiger partial charge in [-0.3, -0.25) is 4.79 Å². The van der Waals surface area contributed by atoms with Crippen LogP contribution in [0.2, 0.25) is 0 Å². The summed E-state index contributed by atoms with van der Waals surface area (Å²) in [5.41, 5.74) is 0.230. The van der Waals surface area contributed by atoms with Crippen LogP contribution in [-0.2, 0) is 19.6 Å². The third-order valence-electron chi connectivity index (χ3n) is 5.35. The van der Waals surface area contributed by atoms with Crippen LogP contribution in [-0.4, -0.2) is 62.3 Å². The average molecular weight is 409 g/mol. The highest BCUT2D eigenvalue weighted by molar-refractivity contribution is 7.89. The number of ether oxygens (including phenoxy) is 1. The van der Waals surface area contributed by atoms with Gasteiger partial charge in [0.05, 0.1) is 10.5 Å². The highest BCUT2D eigenvalue weighted by Gasteiger charge is 2.31. The molecule has 2 fully saturated rings. The maximum absolute atomic E-state index is 12.9. The largest absolute Gasteiger partial charge is 0.452 e. The fraction of sp³-hybridized carbons (Fsp3) is 0.600. The van der Waals surface area contributed by atoms with Gasteiger partial charge >= 0.3 is 5.97 Å². The van der Waals surface area contributed by atoms with Gasteiger partial charge in [-0.25, -0.2) is 13.2 Å². The molecule has 0 unspecified atom stereocenters. The van der Waals surface area contributed by atoms with Gasteiger partial charge in [-0.2, -0.15) is 4.31 Å². The number of nitrogens with zero attached hydrogens (tertiary/aromatic N) is 2. The number of benzene rings is 1. The topological polar surface area (TPSA) is 84.0 Å². The van der Waals surface area contributed by atoms with Gasteiger partial charge in [0.1, 0.15) is 0 Å². The highest BCUT2D eigenvalue weighted by atomic mass is 32.2. The first-order chi connectivity index (χ1) is 13.3. The van der Waals surface area contributed by atoms with Crippen LogP contribution in [0, 0.1) is 11.8 Å². The molecule has 0 aliphatic carbocycles. The third kappa shape index (κ3) is 4.72. The second-order valence-corrected chi connectivity index (χ2v) is 9.89. The third-order valence-corrected chi connectivity index (χ3v) is 7.19. The fourth-order valence-corrected chi connectivity index (χ4v) is 5.66. The number of likely N-dealkylation sites (tertiary alicyclic amines) is 1. The summed E-state index contributed by atoms with van der Waals surface area (Å²) in [7, 11) is -3.59. The van der Waals surface area contributed by atoms with Gasteiger partial charge in [-0.1, -0.05) is 13.8 Å². The standard InChI is InChI=1S/C20H28N2O5S/c1-15-11-16(2)13-22(12-15)28(25,26)18-7-5-17(6-8-18)20(24)27-14-19(23)21-9-3-4-10-21/h5-8,15-16H,3-4,9-14H2,1-2H3/t15-,16-/m1/s1. The minimum Gasteiger partial charge on any atom is -0.452 e. The predicted molar refractivity (Wildman–Crippen MR) is 104 cm³/mol. The first kappa shape index (κ1) is 20.8. The first-order valence-electron chi connectivity index (χ1n) is 9.82. The molecule has 0 N–H and O–H groups in total.